The first kappa shape index (κ1) is 25.4. The second-order valence-electron chi connectivity index (χ2n) is 4.93. The van der Waals surface area contributed by atoms with Gasteiger partial charge in [0.15, 0.2) is 11.5 Å². The van der Waals surface area contributed by atoms with Crippen molar-refractivity contribution < 1.29 is 56.3 Å². The van der Waals surface area contributed by atoms with Crippen LogP contribution in [0, 0.1) is 0 Å². The van der Waals surface area contributed by atoms with E-state index >= 15 is 0 Å². The predicted molar refractivity (Wildman–Crippen MR) is 90.6 cm³/mol. The van der Waals surface area contributed by atoms with Crippen molar-refractivity contribution in [2.45, 2.75) is 11.0 Å². The quantitative estimate of drug-likeness (QED) is 0.363. The molecule has 0 atom stereocenters. The maximum atomic E-state index is 12.0. The maximum Gasteiger partial charge on any atom is 0.534 e. The highest BCUT2D eigenvalue weighted by atomic mass is 32.2. The van der Waals surface area contributed by atoms with Crippen molar-refractivity contribution in [3.8, 4) is 17.2 Å². The number of halogens is 6. The average molecular weight is 482 g/mol. The van der Waals surface area contributed by atoms with Crippen molar-refractivity contribution in [1.82, 2.24) is 0 Å². The van der Waals surface area contributed by atoms with Gasteiger partial charge in [0.25, 0.3) is 0 Å². The number of alkyl halides is 6. The van der Waals surface area contributed by atoms with E-state index in [0.29, 0.717) is 0 Å². The summed E-state index contributed by atoms with van der Waals surface area (Å²) in [6.45, 7) is 0. The Morgan fingerprint density at radius 1 is 0.633 bits per heavy atom. The smallest absolute Gasteiger partial charge is 0.493 e. The zero-order valence-electron chi connectivity index (χ0n) is 14.6. The first-order chi connectivity index (χ1) is 13.6. The van der Waals surface area contributed by atoms with E-state index in [4.69, 9.17) is 0 Å². The molecule has 15 heteroatoms. The summed E-state index contributed by atoms with van der Waals surface area (Å²) in [6.07, 6.45) is 0. The van der Waals surface area contributed by atoms with E-state index in [0.717, 1.165) is 18.2 Å². The molecular formula is C15H12F6O7S2. The second kappa shape index (κ2) is 9.42. The van der Waals surface area contributed by atoms with Gasteiger partial charge >= 0.3 is 31.3 Å². The molecule has 0 heterocycles. The van der Waals surface area contributed by atoms with Crippen LogP contribution in [0.1, 0.15) is 0 Å². The molecule has 30 heavy (non-hydrogen) atoms. The Morgan fingerprint density at radius 3 is 1.47 bits per heavy atom. The Morgan fingerprint density at radius 2 is 1.03 bits per heavy atom. The minimum atomic E-state index is -5.66. The van der Waals surface area contributed by atoms with E-state index in [1.54, 1.807) is 0 Å². The number of hydrogen-bond donors (Lipinski definition) is 0. The molecular weight excluding hydrogens is 470 g/mol. The molecule has 2 aromatic carbocycles. The van der Waals surface area contributed by atoms with Crippen molar-refractivity contribution in [3.63, 3.8) is 0 Å². The molecule has 0 aliphatic rings. The number of ether oxygens (including phenoxy) is 1. The van der Waals surface area contributed by atoms with Crippen LogP contribution in [0.15, 0.2) is 54.6 Å². The Bertz CT molecular complexity index is 1030. The molecule has 0 N–H and O–H groups in total. The monoisotopic (exact) mass is 482 g/mol. The lowest BCUT2D eigenvalue weighted by Gasteiger charge is -2.11. The highest BCUT2D eigenvalue weighted by Crippen LogP contribution is 2.32. The first-order valence-corrected chi connectivity index (χ1v) is 10.1. The fraction of sp³-hybridized carbons (Fsp3) is 0.200. The summed E-state index contributed by atoms with van der Waals surface area (Å²) in [5.74, 6) is -0.984. The van der Waals surface area contributed by atoms with Gasteiger partial charge in [-0.25, -0.2) is 0 Å². The predicted octanol–water partition coefficient (Wildman–Crippen LogP) is 3.84. The number of methoxy groups -OCH3 is 1. The van der Waals surface area contributed by atoms with E-state index in [1.807, 2.05) is 0 Å². The van der Waals surface area contributed by atoms with E-state index in [-0.39, 0.29) is 11.5 Å². The summed E-state index contributed by atoms with van der Waals surface area (Å²) < 4.78 is 126. The van der Waals surface area contributed by atoms with E-state index in [9.17, 15) is 43.2 Å². The minimum Gasteiger partial charge on any atom is -0.493 e. The molecule has 0 saturated carbocycles. The number of rotatable bonds is 5. The fourth-order valence-corrected chi connectivity index (χ4v) is 2.43. The Balaban J connectivity index is 0.000000303. The lowest BCUT2D eigenvalue weighted by atomic mass is 10.3. The highest BCUT2D eigenvalue weighted by molar-refractivity contribution is 7.88. The molecule has 2 aromatic rings. The second-order valence-corrected chi connectivity index (χ2v) is 8.01. The van der Waals surface area contributed by atoms with Crippen LogP contribution in [0.4, 0.5) is 26.3 Å². The van der Waals surface area contributed by atoms with Crippen LogP contribution >= 0.6 is 0 Å². The van der Waals surface area contributed by atoms with Gasteiger partial charge in [-0.2, -0.15) is 43.2 Å². The van der Waals surface area contributed by atoms with Gasteiger partial charge in [0.2, 0.25) is 0 Å². The summed E-state index contributed by atoms with van der Waals surface area (Å²) in [5, 5.41) is 0. The molecule has 0 amide bonds. The molecule has 0 saturated heterocycles. The summed E-state index contributed by atoms with van der Waals surface area (Å²) in [6, 6.07) is 11.6. The molecule has 7 nitrogen and oxygen atoms in total. The van der Waals surface area contributed by atoms with E-state index in [2.05, 4.69) is 13.1 Å². The maximum absolute atomic E-state index is 12.0. The van der Waals surface area contributed by atoms with Crippen LogP contribution in [0.2, 0.25) is 0 Å². The van der Waals surface area contributed by atoms with Crippen LogP contribution in [-0.2, 0) is 20.2 Å². The Kier molecular flexibility index (Phi) is 7.96. The summed E-state index contributed by atoms with van der Waals surface area (Å²) in [4.78, 5) is 0. The topological polar surface area (TPSA) is 96.0 Å². The third kappa shape index (κ3) is 6.98. The van der Waals surface area contributed by atoms with Crippen LogP contribution in [-0.4, -0.2) is 35.0 Å². The number of benzene rings is 2. The molecule has 0 aromatic heterocycles. The van der Waals surface area contributed by atoms with E-state index < -0.39 is 37.0 Å². The molecule has 0 radical (unpaired) electrons. The number of para-hydroxylation sites is 3. The van der Waals surface area contributed by atoms with Crippen molar-refractivity contribution in [1.29, 1.82) is 0 Å². The molecule has 0 aliphatic heterocycles. The van der Waals surface area contributed by atoms with Crippen molar-refractivity contribution in [2.75, 3.05) is 7.11 Å². The van der Waals surface area contributed by atoms with Crippen LogP contribution < -0.4 is 13.1 Å². The Labute approximate surface area is 167 Å². The van der Waals surface area contributed by atoms with Gasteiger partial charge in [-0.15, -0.1) is 0 Å². The van der Waals surface area contributed by atoms with Crippen LogP contribution in [0.3, 0.4) is 0 Å². The van der Waals surface area contributed by atoms with Crippen LogP contribution in [0.5, 0.6) is 17.2 Å². The average Bonchev–Trinajstić information content (AvgIpc) is 2.61. The largest absolute Gasteiger partial charge is 0.534 e. The molecule has 0 bridgehead atoms. The first-order valence-electron chi connectivity index (χ1n) is 7.30. The minimum absolute atomic E-state index is 0.102. The Hall–Kier alpha value is -2.68. The van der Waals surface area contributed by atoms with Crippen LogP contribution in [0.25, 0.3) is 0 Å². The molecule has 168 valence electrons. The standard InChI is InChI=1S/C8H7F3O4S.C7H5F3O3S/c1-14-6-4-2-3-5-7(6)15-16(12,13)8(9,10)11;8-7(9,10)14(11,12)13-6-4-2-1-3-5-6/h2-5H,1H3;1-5H. The summed E-state index contributed by atoms with van der Waals surface area (Å²) in [7, 11) is -10.0. The van der Waals surface area contributed by atoms with Gasteiger partial charge < -0.3 is 13.1 Å². The molecule has 2 rings (SSSR count). The van der Waals surface area contributed by atoms with Gasteiger partial charge in [-0.05, 0) is 24.3 Å². The molecule has 0 aliphatic carbocycles. The van der Waals surface area contributed by atoms with Gasteiger partial charge in [0.1, 0.15) is 5.75 Å². The summed E-state index contributed by atoms with van der Waals surface area (Å²) in [5.41, 5.74) is -10.9. The van der Waals surface area contributed by atoms with Gasteiger partial charge in [0.05, 0.1) is 7.11 Å². The zero-order valence-corrected chi connectivity index (χ0v) is 16.3. The number of hydrogen-bond acceptors (Lipinski definition) is 7. The lowest BCUT2D eigenvalue weighted by Crippen LogP contribution is -2.28. The normalized spacial score (nSPS) is 12.4. The third-order valence-corrected chi connectivity index (χ3v) is 4.73. The van der Waals surface area contributed by atoms with Crippen molar-refractivity contribution in [2.24, 2.45) is 0 Å². The van der Waals surface area contributed by atoms with Gasteiger partial charge in [0, 0.05) is 0 Å². The molecule has 0 spiro atoms. The zero-order chi connectivity index (χ0) is 23.2. The third-order valence-electron chi connectivity index (χ3n) is 2.78. The molecule has 0 unspecified atom stereocenters. The highest BCUT2D eigenvalue weighted by Gasteiger charge is 2.49. The fourth-order valence-electron chi connectivity index (χ4n) is 1.50. The molecule has 0 fully saturated rings. The van der Waals surface area contributed by atoms with Gasteiger partial charge in [-0.3, -0.25) is 0 Å². The lowest BCUT2D eigenvalue weighted by molar-refractivity contribution is -0.0505. The van der Waals surface area contributed by atoms with Crippen molar-refractivity contribution in [3.05, 3.63) is 54.6 Å². The summed E-state index contributed by atoms with van der Waals surface area (Å²) >= 11 is 0. The van der Waals surface area contributed by atoms with E-state index in [1.165, 1.54) is 43.5 Å². The van der Waals surface area contributed by atoms with Gasteiger partial charge in [-0.1, -0.05) is 30.3 Å². The van der Waals surface area contributed by atoms with Crippen molar-refractivity contribution >= 4 is 20.2 Å². The SMILES string of the molecule is COc1ccccc1OS(=O)(=O)C(F)(F)F.O=S(=O)(Oc1ccccc1)C(F)(F)F.